The van der Waals surface area contributed by atoms with E-state index in [0.29, 0.717) is 16.3 Å². The van der Waals surface area contributed by atoms with Crippen molar-refractivity contribution in [3.8, 4) is 0 Å². The van der Waals surface area contributed by atoms with Gasteiger partial charge in [0.25, 0.3) is 0 Å². The minimum Gasteiger partial charge on any atom is -0.466 e. The number of hydrogen-bond donors (Lipinski definition) is 1. The topological polar surface area (TPSA) is 68.3 Å². The second kappa shape index (κ2) is 5.35. The summed E-state index contributed by atoms with van der Waals surface area (Å²) in [4.78, 5) is 9.65. The van der Waals surface area contributed by atoms with Crippen LogP contribution >= 0.6 is 15.9 Å². The Bertz CT molecular complexity index is 630. The number of halogens is 3. The van der Waals surface area contributed by atoms with E-state index in [-0.39, 0.29) is 12.2 Å². The number of benzene rings is 1. The summed E-state index contributed by atoms with van der Waals surface area (Å²) >= 11 is 3.21. The minimum absolute atomic E-state index is 0.104. The van der Waals surface area contributed by atoms with Crippen molar-refractivity contribution in [3.63, 3.8) is 0 Å². The highest BCUT2D eigenvalue weighted by atomic mass is 79.9. The fourth-order valence-electron chi connectivity index (χ4n) is 1.44. The lowest BCUT2D eigenvalue weighted by Crippen LogP contribution is -2.03. The van der Waals surface area contributed by atoms with Crippen molar-refractivity contribution in [1.82, 2.24) is 0 Å². The standard InChI is InChI=1S/C11H7BrF2N2O3/c12-6-1-2-19-11(6)5-15-9-4-10(16(17)18)8(14)3-7(9)13/h1-4,15H,5H2. The molecular formula is C11H7BrF2N2O3. The van der Waals surface area contributed by atoms with Gasteiger partial charge in [0.05, 0.1) is 27.9 Å². The third kappa shape index (κ3) is 2.90. The number of nitro benzene ring substituents is 1. The minimum atomic E-state index is -1.22. The molecule has 1 aromatic heterocycles. The van der Waals surface area contributed by atoms with E-state index in [1.54, 1.807) is 6.07 Å². The summed E-state index contributed by atoms with van der Waals surface area (Å²) in [5.41, 5.74) is -0.959. The molecule has 100 valence electrons. The highest BCUT2D eigenvalue weighted by molar-refractivity contribution is 9.10. The van der Waals surface area contributed by atoms with Gasteiger partial charge < -0.3 is 9.73 Å². The van der Waals surface area contributed by atoms with Crippen molar-refractivity contribution in [2.24, 2.45) is 0 Å². The van der Waals surface area contributed by atoms with Gasteiger partial charge in [0, 0.05) is 12.1 Å². The molecule has 0 radical (unpaired) electrons. The number of nitrogens with zero attached hydrogens (tertiary/aromatic N) is 1. The van der Waals surface area contributed by atoms with Gasteiger partial charge in [-0.2, -0.15) is 4.39 Å². The average Bonchev–Trinajstić information content (AvgIpc) is 2.73. The Labute approximate surface area is 114 Å². The Kier molecular flexibility index (Phi) is 3.79. The average molecular weight is 333 g/mol. The zero-order chi connectivity index (χ0) is 14.0. The van der Waals surface area contributed by atoms with Crippen molar-refractivity contribution in [2.75, 3.05) is 5.32 Å². The molecule has 5 nitrogen and oxygen atoms in total. The fraction of sp³-hybridized carbons (Fsp3) is 0.0909. The molecule has 0 unspecified atom stereocenters. The van der Waals surface area contributed by atoms with Crippen LogP contribution in [-0.4, -0.2) is 4.92 Å². The molecular weight excluding hydrogens is 326 g/mol. The Balaban J connectivity index is 2.23. The second-order valence-corrected chi connectivity index (χ2v) is 4.44. The van der Waals surface area contributed by atoms with E-state index < -0.39 is 22.2 Å². The Morgan fingerprint density at radius 2 is 2.11 bits per heavy atom. The van der Waals surface area contributed by atoms with Crippen LogP contribution in [0.25, 0.3) is 0 Å². The van der Waals surface area contributed by atoms with Crippen molar-refractivity contribution in [2.45, 2.75) is 6.54 Å². The van der Waals surface area contributed by atoms with E-state index >= 15 is 0 Å². The largest absolute Gasteiger partial charge is 0.466 e. The second-order valence-electron chi connectivity index (χ2n) is 3.59. The first-order valence-electron chi connectivity index (χ1n) is 5.08. The van der Waals surface area contributed by atoms with Crippen LogP contribution in [0.5, 0.6) is 0 Å². The van der Waals surface area contributed by atoms with Crippen LogP contribution in [0.2, 0.25) is 0 Å². The van der Waals surface area contributed by atoms with Crippen LogP contribution < -0.4 is 5.32 Å². The number of furan rings is 1. The number of nitrogens with one attached hydrogen (secondary N) is 1. The highest BCUT2D eigenvalue weighted by Gasteiger charge is 2.18. The zero-order valence-electron chi connectivity index (χ0n) is 9.32. The molecule has 0 bridgehead atoms. The quantitative estimate of drug-likeness (QED) is 0.682. The molecule has 0 aliphatic rings. The number of anilines is 1. The van der Waals surface area contributed by atoms with Gasteiger partial charge in [0.15, 0.2) is 0 Å². The summed E-state index contributed by atoms with van der Waals surface area (Å²) in [6.07, 6.45) is 1.44. The molecule has 1 heterocycles. The van der Waals surface area contributed by atoms with E-state index in [4.69, 9.17) is 4.42 Å². The lowest BCUT2D eigenvalue weighted by atomic mass is 10.2. The first-order chi connectivity index (χ1) is 8.99. The van der Waals surface area contributed by atoms with Crippen LogP contribution in [0.1, 0.15) is 5.76 Å². The van der Waals surface area contributed by atoms with E-state index in [1.807, 2.05) is 0 Å². The molecule has 0 fully saturated rings. The summed E-state index contributed by atoms with van der Waals surface area (Å²) in [6.45, 7) is 0.104. The first-order valence-corrected chi connectivity index (χ1v) is 5.87. The molecule has 0 spiro atoms. The fourth-order valence-corrected chi connectivity index (χ4v) is 1.78. The maximum absolute atomic E-state index is 13.5. The number of nitro groups is 1. The Morgan fingerprint density at radius 1 is 1.37 bits per heavy atom. The highest BCUT2D eigenvalue weighted by Crippen LogP contribution is 2.26. The first kappa shape index (κ1) is 13.5. The maximum Gasteiger partial charge on any atom is 0.307 e. The van der Waals surface area contributed by atoms with Crippen LogP contribution in [0, 0.1) is 21.7 Å². The molecule has 1 N–H and O–H groups in total. The SMILES string of the molecule is O=[N+]([O-])c1cc(NCc2occc2Br)c(F)cc1F. The van der Waals surface area contributed by atoms with Gasteiger partial charge in [-0.05, 0) is 22.0 Å². The van der Waals surface area contributed by atoms with E-state index in [9.17, 15) is 18.9 Å². The predicted molar refractivity (Wildman–Crippen MR) is 66.7 cm³/mol. The van der Waals surface area contributed by atoms with Gasteiger partial charge in [0.1, 0.15) is 11.6 Å². The van der Waals surface area contributed by atoms with Crippen LogP contribution in [-0.2, 0) is 6.54 Å². The molecule has 1 aromatic carbocycles. The van der Waals surface area contributed by atoms with Crippen LogP contribution in [0.4, 0.5) is 20.2 Å². The molecule has 0 saturated carbocycles. The summed E-state index contributed by atoms with van der Waals surface area (Å²) < 4.78 is 32.3. The van der Waals surface area contributed by atoms with Gasteiger partial charge in [0.2, 0.25) is 5.82 Å². The lowest BCUT2D eigenvalue weighted by molar-refractivity contribution is -0.387. The molecule has 0 amide bonds. The van der Waals surface area contributed by atoms with Gasteiger partial charge in [-0.3, -0.25) is 10.1 Å². The molecule has 8 heteroatoms. The van der Waals surface area contributed by atoms with Crippen molar-refractivity contribution < 1.29 is 18.1 Å². The Morgan fingerprint density at radius 3 is 2.68 bits per heavy atom. The van der Waals surface area contributed by atoms with Crippen molar-refractivity contribution in [1.29, 1.82) is 0 Å². The Hall–Kier alpha value is -1.96. The summed E-state index contributed by atoms with van der Waals surface area (Å²) in [5, 5.41) is 13.2. The lowest BCUT2D eigenvalue weighted by Gasteiger charge is -2.06. The van der Waals surface area contributed by atoms with Crippen molar-refractivity contribution in [3.05, 3.63) is 56.4 Å². The summed E-state index contributed by atoms with van der Waals surface area (Å²) in [5.74, 6) is -1.63. The zero-order valence-corrected chi connectivity index (χ0v) is 10.9. The predicted octanol–water partition coefficient (Wildman–Crippen LogP) is 3.84. The number of hydrogen-bond acceptors (Lipinski definition) is 4. The third-order valence-corrected chi connectivity index (χ3v) is 3.07. The third-order valence-electron chi connectivity index (χ3n) is 2.36. The van der Waals surface area contributed by atoms with Gasteiger partial charge in [-0.15, -0.1) is 0 Å². The summed E-state index contributed by atoms with van der Waals surface area (Å²) in [6, 6.07) is 2.93. The molecule has 19 heavy (non-hydrogen) atoms. The monoisotopic (exact) mass is 332 g/mol. The molecule has 2 rings (SSSR count). The normalized spacial score (nSPS) is 10.5. The number of rotatable bonds is 4. The van der Waals surface area contributed by atoms with E-state index in [1.165, 1.54) is 6.26 Å². The van der Waals surface area contributed by atoms with Gasteiger partial charge in [-0.1, -0.05) is 0 Å². The van der Waals surface area contributed by atoms with E-state index in [0.717, 1.165) is 6.07 Å². The van der Waals surface area contributed by atoms with Crippen LogP contribution in [0.3, 0.4) is 0 Å². The van der Waals surface area contributed by atoms with Crippen molar-refractivity contribution >= 4 is 27.3 Å². The maximum atomic E-state index is 13.5. The smallest absolute Gasteiger partial charge is 0.307 e. The molecule has 0 saturated heterocycles. The molecule has 0 atom stereocenters. The molecule has 0 aliphatic heterocycles. The molecule has 0 aliphatic carbocycles. The summed E-state index contributed by atoms with van der Waals surface area (Å²) in [7, 11) is 0. The van der Waals surface area contributed by atoms with Crippen LogP contribution in [0.15, 0.2) is 33.4 Å². The van der Waals surface area contributed by atoms with Gasteiger partial charge in [-0.25, -0.2) is 4.39 Å². The van der Waals surface area contributed by atoms with Gasteiger partial charge >= 0.3 is 5.69 Å². The van der Waals surface area contributed by atoms with E-state index in [2.05, 4.69) is 21.2 Å². The molecule has 2 aromatic rings.